The number of hydrogen-bond acceptors (Lipinski definition) is 6. The number of carbonyl (C=O) groups excluding carboxylic acids is 2. The largest absolute Gasteiger partial charge is 0.384 e. The summed E-state index contributed by atoms with van der Waals surface area (Å²) in [5, 5.41) is 1.99. The average Bonchev–Trinajstić information content (AvgIpc) is 2.75. The first-order valence-electron chi connectivity index (χ1n) is 6.77. The van der Waals surface area contributed by atoms with E-state index in [0.29, 0.717) is 4.57 Å². The lowest BCUT2D eigenvalue weighted by Crippen LogP contribution is -2.25. The molecule has 0 saturated carbocycles. The highest BCUT2D eigenvalue weighted by molar-refractivity contribution is 7.92. The number of nitrogens with one attached hydrogen (secondary N) is 2. The molecule has 0 spiro atoms. The molecule has 2 amide bonds. The molecule has 11 heteroatoms. The van der Waals surface area contributed by atoms with Crippen molar-refractivity contribution < 1.29 is 22.4 Å². The van der Waals surface area contributed by atoms with Crippen molar-refractivity contribution >= 4 is 33.3 Å². The molecule has 1 aliphatic rings. The van der Waals surface area contributed by atoms with Crippen molar-refractivity contribution in [2.24, 2.45) is 0 Å². The Kier molecular flexibility index (Phi) is 3.60. The number of benzene rings is 1. The Balaban J connectivity index is 2.26. The van der Waals surface area contributed by atoms with E-state index < -0.39 is 39.0 Å². The molecule has 0 fully saturated rings. The molecule has 1 aromatic carbocycles. The van der Waals surface area contributed by atoms with E-state index in [1.54, 1.807) is 0 Å². The summed E-state index contributed by atoms with van der Waals surface area (Å²) in [6, 6.07) is 4.01. The second-order valence-corrected chi connectivity index (χ2v) is 7.06. The Hall–Kier alpha value is -3.21. The van der Waals surface area contributed by atoms with Crippen molar-refractivity contribution in [3.8, 4) is 5.69 Å². The van der Waals surface area contributed by atoms with Crippen LogP contribution in [0.4, 0.5) is 15.9 Å². The molecule has 2 heterocycles. The van der Waals surface area contributed by atoms with Crippen LogP contribution in [0.5, 0.6) is 0 Å². The van der Waals surface area contributed by atoms with Gasteiger partial charge in [0.15, 0.2) is 0 Å². The number of pyridine rings is 1. The lowest BCUT2D eigenvalue weighted by atomic mass is 10.1. The first kappa shape index (κ1) is 16.6. The van der Waals surface area contributed by atoms with Crippen LogP contribution in [0.15, 0.2) is 29.1 Å². The van der Waals surface area contributed by atoms with Crippen LogP contribution < -0.4 is 21.3 Å². The van der Waals surface area contributed by atoms with Gasteiger partial charge in [0.1, 0.15) is 11.6 Å². The van der Waals surface area contributed by atoms with E-state index in [4.69, 9.17) is 5.73 Å². The number of anilines is 2. The number of fused-ring (bicyclic) bond motifs is 1. The number of nitrogens with zero attached hydrogens (tertiary/aromatic N) is 1. The maximum absolute atomic E-state index is 14.2. The number of sulfonamides is 1. The third-order valence-electron chi connectivity index (χ3n) is 3.44. The SMILES string of the molecule is CS(=O)(=O)Nc1ccc(F)c(-n2c(N)c3c(cc2=O)C(=O)NC3=O)c1. The van der Waals surface area contributed by atoms with Crippen LogP contribution in [-0.2, 0) is 10.0 Å². The highest BCUT2D eigenvalue weighted by Gasteiger charge is 2.32. The molecule has 0 saturated heterocycles. The summed E-state index contributed by atoms with van der Waals surface area (Å²) in [5.74, 6) is -2.89. The Labute approximate surface area is 140 Å². The predicted octanol–water partition coefficient (Wildman–Crippen LogP) is -0.186. The molecule has 1 aliphatic heterocycles. The van der Waals surface area contributed by atoms with Crippen LogP contribution in [-0.4, -0.2) is 31.1 Å². The van der Waals surface area contributed by atoms with Crippen LogP contribution in [0.2, 0.25) is 0 Å². The fourth-order valence-electron chi connectivity index (χ4n) is 2.49. The van der Waals surface area contributed by atoms with Crippen LogP contribution in [0.3, 0.4) is 0 Å². The maximum atomic E-state index is 14.2. The number of imide groups is 1. The number of nitrogen functional groups attached to an aromatic ring is 1. The number of rotatable bonds is 3. The van der Waals surface area contributed by atoms with Crippen molar-refractivity contribution in [2.75, 3.05) is 16.7 Å². The monoisotopic (exact) mass is 366 g/mol. The van der Waals surface area contributed by atoms with Gasteiger partial charge in [0.2, 0.25) is 10.0 Å². The summed E-state index contributed by atoms with van der Waals surface area (Å²) < 4.78 is 39.7. The minimum Gasteiger partial charge on any atom is -0.384 e. The topological polar surface area (TPSA) is 140 Å². The van der Waals surface area contributed by atoms with E-state index in [9.17, 15) is 27.2 Å². The number of carbonyl (C=O) groups is 2. The Morgan fingerprint density at radius 1 is 1.16 bits per heavy atom. The van der Waals surface area contributed by atoms with Gasteiger partial charge < -0.3 is 5.73 Å². The van der Waals surface area contributed by atoms with Crippen molar-refractivity contribution in [1.29, 1.82) is 0 Å². The average molecular weight is 366 g/mol. The molecule has 0 radical (unpaired) electrons. The first-order chi connectivity index (χ1) is 11.6. The molecule has 3 rings (SSSR count). The fourth-order valence-corrected chi connectivity index (χ4v) is 3.04. The summed E-state index contributed by atoms with van der Waals surface area (Å²) in [4.78, 5) is 35.7. The molecule has 1 aromatic heterocycles. The lowest BCUT2D eigenvalue weighted by molar-refractivity contribution is 0.0880. The fraction of sp³-hybridized carbons (Fsp3) is 0.0714. The zero-order valence-corrected chi connectivity index (χ0v) is 13.5. The molecule has 0 bridgehead atoms. The van der Waals surface area contributed by atoms with Crippen LogP contribution >= 0.6 is 0 Å². The van der Waals surface area contributed by atoms with Crippen molar-refractivity contribution in [3.05, 3.63) is 51.6 Å². The number of hydrogen-bond donors (Lipinski definition) is 3. The van der Waals surface area contributed by atoms with E-state index in [0.717, 1.165) is 30.5 Å². The minimum atomic E-state index is -3.63. The van der Waals surface area contributed by atoms with Crippen molar-refractivity contribution in [1.82, 2.24) is 9.88 Å². The Bertz CT molecular complexity index is 1110. The third-order valence-corrected chi connectivity index (χ3v) is 4.05. The molecule has 2 aromatic rings. The number of amides is 2. The first-order valence-corrected chi connectivity index (χ1v) is 8.66. The molecule has 9 nitrogen and oxygen atoms in total. The van der Waals surface area contributed by atoms with Gasteiger partial charge in [0, 0.05) is 6.07 Å². The van der Waals surface area contributed by atoms with Crippen LogP contribution in [0.1, 0.15) is 20.7 Å². The second kappa shape index (κ2) is 5.41. The number of halogens is 1. The van der Waals surface area contributed by atoms with E-state index in [1.165, 1.54) is 0 Å². The summed E-state index contributed by atoms with van der Waals surface area (Å²) in [6.45, 7) is 0. The van der Waals surface area contributed by atoms with Crippen molar-refractivity contribution in [2.45, 2.75) is 0 Å². The molecular weight excluding hydrogens is 355 g/mol. The summed E-state index contributed by atoms with van der Waals surface area (Å²) in [5.41, 5.74) is 4.14. The second-order valence-electron chi connectivity index (χ2n) is 5.32. The van der Waals surface area contributed by atoms with E-state index >= 15 is 0 Å². The summed E-state index contributed by atoms with van der Waals surface area (Å²) in [7, 11) is -3.63. The highest BCUT2D eigenvalue weighted by Crippen LogP contribution is 2.25. The summed E-state index contributed by atoms with van der Waals surface area (Å²) in [6.07, 6.45) is 0.905. The minimum absolute atomic E-state index is 0.00812. The standard InChI is InChI=1S/C14H11FN4O5S/c1-25(23,24)18-6-2-3-8(15)9(4-6)19-10(20)5-7-11(12(19)16)14(22)17-13(7)21/h2-5,18H,16H2,1H3,(H,17,21,22). The van der Waals surface area contributed by atoms with E-state index in [1.807, 2.05) is 5.32 Å². The molecule has 4 N–H and O–H groups in total. The third kappa shape index (κ3) is 2.85. The van der Waals surface area contributed by atoms with Crippen LogP contribution in [0, 0.1) is 5.82 Å². The van der Waals surface area contributed by atoms with Gasteiger partial charge >= 0.3 is 0 Å². The Morgan fingerprint density at radius 3 is 2.48 bits per heavy atom. The predicted molar refractivity (Wildman–Crippen MR) is 86.7 cm³/mol. The van der Waals surface area contributed by atoms with Gasteiger partial charge in [-0.1, -0.05) is 0 Å². The van der Waals surface area contributed by atoms with Gasteiger partial charge in [-0.05, 0) is 18.2 Å². The van der Waals surface area contributed by atoms with Crippen molar-refractivity contribution in [3.63, 3.8) is 0 Å². The molecule has 0 atom stereocenters. The molecular formula is C14H11FN4O5S. The van der Waals surface area contributed by atoms with E-state index in [2.05, 4.69) is 4.72 Å². The van der Waals surface area contributed by atoms with Gasteiger partial charge in [-0.15, -0.1) is 0 Å². The zero-order valence-electron chi connectivity index (χ0n) is 12.7. The van der Waals surface area contributed by atoms with E-state index in [-0.39, 0.29) is 22.5 Å². The normalized spacial score (nSPS) is 13.5. The van der Waals surface area contributed by atoms with Gasteiger partial charge in [0.05, 0.1) is 28.8 Å². The van der Waals surface area contributed by atoms with Gasteiger partial charge in [-0.3, -0.25) is 29.0 Å². The molecule has 0 aliphatic carbocycles. The highest BCUT2D eigenvalue weighted by atomic mass is 32.2. The number of nitrogens with two attached hydrogens (primary N) is 1. The smallest absolute Gasteiger partial charge is 0.262 e. The lowest BCUT2D eigenvalue weighted by Gasteiger charge is -2.14. The quantitative estimate of drug-likeness (QED) is 0.643. The van der Waals surface area contributed by atoms with Gasteiger partial charge in [0.25, 0.3) is 17.4 Å². The molecule has 25 heavy (non-hydrogen) atoms. The maximum Gasteiger partial charge on any atom is 0.262 e. The summed E-state index contributed by atoms with van der Waals surface area (Å²) >= 11 is 0. The van der Waals surface area contributed by atoms with Gasteiger partial charge in [-0.25, -0.2) is 12.8 Å². The zero-order chi connectivity index (χ0) is 18.5. The van der Waals surface area contributed by atoms with Crippen LogP contribution in [0.25, 0.3) is 5.69 Å². The van der Waals surface area contributed by atoms with Gasteiger partial charge in [-0.2, -0.15) is 0 Å². The molecule has 0 unspecified atom stereocenters. The molecule has 130 valence electrons. The number of aromatic nitrogens is 1. The Morgan fingerprint density at radius 2 is 1.84 bits per heavy atom.